The average molecular weight is 244 g/mol. The molecular formula is C15H32S. The van der Waals surface area contributed by atoms with Crippen molar-refractivity contribution in [2.24, 2.45) is 22.7 Å². The lowest BCUT2D eigenvalue weighted by Gasteiger charge is -2.50. The van der Waals surface area contributed by atoms with E-state index >= 15 is 0 Å². The Balaban J connectivity index is 5.02. The van der Waals surface area contributed by atoms with Crippen LogP contribution in [-0.2, 0) is 0 Å². The molecule has 0 aromatic rings. The van der Waals surface area contributed by atoms with E-state index in [9.17, 15) is 0 Å². The molecule has 0 aromatic carbocycles. The molecule has 0 spiro atoms. The van der Waals surface area contributed by atoms with Gasteiger partial charge in [0.15, 0.2) is 0 Å². The molecule has 0 saturated heterocycles. The van der Waals surface area contributed by atoms with Gasteiger partial charge in [0.1, 0.15) is 0 Å². The second-order valence-electron chi connectivity index (χ2n) is 6.32. The van der Waals surface area contributed by atoms with Crippen molar-refractivity contribution in [2.45, 2.75) is 61.8 Å². The Morgan fingerprint density at radius 2 is 1.50 bits per heavy atom. The molecule has 0 aromatic heterocycles. The Kier molecular flexibility index (Phi) is 6.47. The van der Waals surface area contributed by atoms with Crippen LogP contribution in [0.2, 0.25) is 0 Å². The fraction of sp³-hybridized carbons (Fsp3) is 1.00. The second kappa shape index (κ2) is 6.33. The molecule has 16 heavy (non-hydrogen) atoms. The molecule has 2 atom stereocenters. The van der Waals surface area contributed by atoms with Gasteiger partial charge in [0.2, 0.25) is 0 Å². The summed E-state index contributed by atoms with van der Waals surface area (Å²) in [6.45, 7) is 19.2. The van der Waals surface area contributed by atoms with Crippen LogP contribution < -0.4 is 0 Å². The van der Waals surface area contributed by atoms with Crippen LogP contribution >= 0.6 is 11.8 Å². The Morgan fingerprint density at radius 3 is 1.81 bits per heavy atom. The zero-order valence-electron chi connectivity index (χ0n) is 12.7. The Bertz CT molecular complexity index is 196. The van der Waals surface area contributed by atoms with Crippen molar-refractivity contribution in [1.29, 1.82) is 0 Å². The number of rotatable bonds is 7. The molecule has 2 unspecified atom stereocenters. The van der Waals surface area contributed by atoms with E-state index in [4.69, 9.17) is 0 Å². The summed E-state index contributed by atoms with van der Waals surface area (Å²) in [4.78, 5) is 0. The molecule has 0 aliphatic rings. The largest absolute Gasteiger partial charge is 0.162 e. The maximum Gasteiger partial charge on any atom is -0.000579 e. The lowest BCUT2D eigenvalue weighted by molar-refractivity contribution is 0.0263. The number of hydrogen-bond donors (Lipinski definition) is 0. The topological polar surface area (TPSA) is 0 Å². The van der Waals surface area contributed by atoms with Crippen LogP contribution in [0.3, 0.4) is 0 Å². The van der Waals surface area contributed by atoms with Crippen LogP contribution in [-0.4, -0.2) is 11.5 Å². The summed E-state index contributed by atoms with van der Waals surface area (Å²) in [5.41, 5.74) is 0.870. The minimum Gasteiger partial charge on any atom is -0.162 e. The van der Waals surface area contributed by atoms with Gasteiger partial charge >= 0.3 is 0 Å². The third kappa shape index (κ3) is 3.42. The molecule has 0 bridgehead atoms. The van der Waals surface area contributed by atoms with Crippen molar-refractivity contribution in [3.8, 4) is 0 Å². The molecule has 0 aliphatic carbocycles. The minimum atomic E-state index is 0.429. The molecule has 1 heteroatoms. The van der Waals surface area contributed by atoms with E-state index in [1.165, 1.54) is 17.9 Å². The van der Waals surface area contributed by atoms with Gasteiger partial charge in [-0.3, -0.25) is 0 Å². The third-order valence-electron chi connectivity index (χ3n) is 5.04. The predicted octanol–water partition coefficient (Wildman–Crippen LogP) is 5.47. The SMILES string of the molecule is CCSCC(C)(C(C)C(C)C)C(C)(C)CC. The molecule has 0 rings (SSSR count). The average Bonchev–Trinajstić information content (AvgIpc) is 2.24. The van der Waals surface area contributed by atoms with E-state index in [-0.39, 0.29) is 0 Å². The molecular weight excluding hydrogens is 212 g/mol. The summed E-state index contributed by atoms with van der Waals surface area (Å²) in [6, 6.07) is 0. The van der Waals surface area contributed by atoms with Crippen molar-refractivity contribution in [2.75, 3.05) is 11.5 Å². The van der Waals surface area contributed by atoms with Crippen molar-refractivity contribution in [1.82, 2.24) is 0 Å². The summed E-state index contributed by atoms with van der Waals surface area (Å²) < 4.78 is 0. The van der Waals surface area contributed by atoms with Gasteiger partial charge in [-0.05, 0) is 34.2 Å². The standard InChI is InChI=1S/C15H32S/c1-9-14(6,7)15(8,11-16-10-2)13(5)12(3)4/h12-13H,9-11H2,1-8H3. The highest BCUT2D eigenvalue weighted by atomic mass is 32.2. The summed E-state index contributed by atoms with van der Waals surface area (Å²) >= 11 is 2.10. The van der Waals surface area contributed by atoms with Crippen molar-refractivity contribution in [3.05, 3.63) is 0 Å². The van der Waals surface area contributed by atoms with E-state index in [2.05, 4.69) is 67.2 Å². The highest BCUT2D eigenvalue weighted by molar-refractivity contribution is 7.99. The molecule has 0 fully saturated rings. The Morgan fingerprint density at radius 1 is 1.00 bits per heavy atom. The number of hydrogen-bond acceptors (Lipinski definition) is 1. The van der Waals surface area contributed by atoms with Gasteiger partial charge < -0.3 is 0 Å². The Labute approximate surface area is 108 Å². The Hall–Kier alpha value is 0.350. The van der Waals surface area contributed by atoms with Gasteiger partial charge in [-0.2, -0.15) is 11.8 Å². The first-order chi connectivity index (χ1) is 7.23. The van der Waals surface area contributed by atoms with E-state index < -0.39 is 0 Å². The zero-order chi connectivity index (χ0) is 13.0. The molecule has 0 heterocycles. The monoisotopic (exact) mass is 244 g/mol. The van der Waals surface area contributed by atoms with E-state index in [0.717, 1.165) is 11.8 Å². The van der Waals surface area contributed by atoms with Crippen LogP contribution in [0, 0.1) is 22.7 Å². The van der Waals surface area contributed by atoms with Crippen molar-refractivity contribution in [3.63, 3.8) is 0 Å². The lowest BCUT2D eigenvalue weighted by Crippen LogP contribution is -2.44. The summed E-state index contributed by atoms with van der Waals surface area (Å²) in [6.07, 6.45) is 1.27. The van der Waals surface area contributed by atoms with Gasteiger partial charge in [-0.15, -0.1) is 0 Å². The minimum absolute atomic E-state index is 0.429. The smallest absolute Gasteiger partial charge is 0.000579 e. The van der Waals surface area contributed by atoms with Gasteiger partial charge in [0, 0.05) is 0 Å². The van der Waals surface area contributed by atoms with Crippen LogP contribution in [0.25, 0.3) is 0 Å². The van der Waals surface area contributed by atoms with Crippen LogP contribution in [0.1, 0.15) is 61.8 Å². The molecule has 0 radical (unpaired) electrons. The molecule has 0 saturated carbocycles. The molecule has 98 valence electrons. The van der Waals surface area contributed by atoms with E-state index in [1.54, 1.807) is 0 Å². The highest BCUT2D eigenvalue weighted by Crippen LogP contribution is 2.50. The highest BCUT2D eigenvalue weighted by Gasteiger charge is 2.44. The summed E-state index contributed by atoms with van der Waals surface area (Å²) in [5.74, 6) is 4.08. The van der Waals surface area contributed by atoms with E-state index in [0.29, 0.717) is 10.8 Å². The molecule has 0 amide bonds. The van der Waals surface area contributed by atoms with Crippen LogP contribution in [0.4, 0.5) is 0 Å². The lowest BCUT2D eigenvalue weighted by atomic mass is 9.58. The second-order valence-corrected chi connectivity index (χ2v) is 7.60. The van der Waals surface area contributed by atoms with Crippen molar-refractivity contribution >= 4 is 11.8 Å². The first-order valence-electron chi connectivity index (χ1n) is 6.80. The fourth-order valence-corrected chi connectivity index (χ4v) is 3.68. The summed E-state index contributed by atoms with van der Waals surface area (Å²) in [5, 5.41) is 0. The van der Waals surface area contributed by atoms with Gasteiger partial charge in [0.25, 0.3) is 0 Å². The van der Waals surface area contributed by atoms with Crippen LogP contribution in [0.15, 0.2) is 0 Å². The van der Waals surface area contributed by atoms with Gasteiger partial charge in [-0.1, -0.05) is 61.8 Å². The maximum absolute atomic E-state index is 2.50. The normalized spacial score (nSPS) is 18.6. The van der Waals surface area contributed by atoms with Gasteiger partial charge in [0.05, 0.1) is 0 Å². The molecule has 0 N–H and O–H groups in total. The first-order valence-corrected chi connectivity index (χ1v) is 7.96. The zero-order valence-corrected chi connectivity index (χ0v) is 13.5. The van der Waals surface area contributed by atoms with Crippen LogP contribution in [0.5, 0.6) is 0 Å². The summed E-state index contributed by atoms with van der Waals surface area (Å²) in [7, 11) is 0. The van der Waals surface area contributed by atoms with Crippen molar-refractivity contribution < 1.29 is 0 Å². The number of thioether (sulfide) groups is 1. The molecule has 0 nitrogen and oxygen atoms in total. The third-order valence-corrected chi connectivity index (χ3v) is 6.25. The predicted molar refractivity (Wildman–Crippen MR) is 79.2 cm³/mol. The maximum atomic E-state index is 2.50. The first kappa shape index (κ1) is 16.4. The quantitative estimate of drug-likeness (QED) is 0.572. The fourth-order valence-electron chi connectivity index (χ4n) is 2.40. The van der Waals surface area contributed by atoms with E-state index in [1.807, 2.05) is 0 Å². The van der Waals surface area contributed by atoms with Gasteiger partial charge in [-0.25, -0.2) is 0 Å². The molecule has 0 aliphatic heterocycles.